The molecule has 4 aromatic rings. The van der Waals surface area contributed by atoms with Gasteiger partial charge in [-0.05, 0) is 18.2 Å². The van der Waals surface area contributed by atoms with Gasteiger partial charge in [-0.3, -0.25) is 14.3 Å². The van der Waals surface area contributed by atoms with E-state index in [1.807, 2.05) is 0 Å². The molecule has 33 heavy (non-hydrogen) atoms. The van der Waals surface area contributed by atoms with Gasteiger partial charge in [0.2, 0.25) is 11.8 Å². The molecule has 168 valence electrons. The fourth-order valence-corrected chi connectivity index (χ4v) is 3.59. The highest BCUT2D eigenvalue weighted by molar-refractivity contribution is 6.11. The van der Waals surface area contributed by atoms with Crippen molar-refractivity contribution in [3.63, 3.8) is 0 Å². The van der Waals surface area contributed by atoms with Gasteiger partial charge in [0.1, 0.15) is 11.4 Å². The van der Waals surface area contributed by atoms with Crippen LogP contribution in [0.15, 0.2) is 42.7 Å². The number of nitrogens with zero attached hydrogens (tertiary/aromatic N) is 7. The maximum Gasteiger partial charge on any atom is 0.274 e. The Kier molecular flexibility index (Phi) is 5.26. The van der Waals surface area contributed by atoms with E-state index in [0.29, 0.717) is 43.3 Å². The summed E-state index contributed by atoms with van der Waals surface area (Å²) in [5, 5.41) is 11.2. The van der Waals surface area contributed by atoms with E-state index in [1.165, 1.54) is 27.5 Å². The van der Waals surface area contributed by atoms with E-state index in [-0.39, 0.29) is 23.0 Å². The fourth-order valence-electron chi connectivity index (χ4n) is 3.59. The van der Waals surface area contributed by atoms with Crippen molar-refractivity contribution in [2.45, 2.75) is 0 Å². The average molecular weight is 450 g/mol. The highest BCUT2D eigenvalue weighted by atomic mass is 19.1. The lowest BCUT2D eigenvalue weighted by molar-refractivity contribution is 0.0302. The number of hydrogen-bond donors (Lipinski definition) is 1. The summed E-state index contributed by atoms with van der Waals surface area (Å²) >= 11 is 0. The number of nitrogens with one attached hydrogen (secondary N) is 1. The minimum atomic E-state index is -0.627. The van der Waals surface area contributed by atoms with Gasteiger partial charge in [0.05, 0.1) is 25.0 Å². The third-order valence-corrected chi connectivity index (χ3v) is 5.22. The molecule has 12 heteroatoms. The summed E-state index contributed by atoms with van der Waals surface area (Å²) in [5.74, 6) is -1.12. The summed E-state index contributed by atoms with van der Waals surface area (Å²) in [6.07, 6.45) is 3.01. The lowest BCUT2D eigenvalue weighted by atomic mass is 10.2. The number of morpholine rings is 1. The van der Waals surface area contributed by atoms with E-state index >= 15 is 0 Å². The number of hydrogen-bond acceptors (Lipinski definition) is 7. The van der Waals surface area contributed by atoms with Crippen molar-refractivity contribution in [3.05, 3.63) is 59.9 Å². The van der Waals surface area contributed by atoms with E-state index in [0.717, 1.165) is 0 Å². The Hall–Kier alpha value is -4.19. The molecule has 5 heterocycles. The first-order valence-corrected chi connectivity index (χ1v) is 10.2. The third kappa shape index (κ3) is 4.03. The van der Waals surface area contributed by atoms with Crippen LogP contribution in [-0.4, -0.2) is 72.4 Å². The summed E-state index contributed by atoms with van der Waals surface area (Å²) in [5.41, 5.74) is 1.55. The highest BCUT2D eigenvalue weighted by Gasteiger charge is 2.27. The van der Waals surface area contributed by atoms with Gasteiger partial charge in [-0.1, -0.05) is 6.07 Å². The largest absolute Gasteiger partial charge is 0.378 e. The van der Waals surface area contributed by atoms with Crippen LogP contribution < -0.4 is 5.32 Å². The van der Waals surface area contributed by atoms with Crippen LogP contribution in [0.5, 0.6) is 0 Å². The Bertz CT molecular complexity index is 1360. The molecule has 5 rings (SSSR count). The summed E-state index contributed by atoms with van der Waals surface area (Å²) in [6.45, 7) is 1.83. The second-order valence-corrected chi connectivity index (χ2v) is 7.39. The van der Waals surface area contributed by atoms with Gasteiger partial charge in [0, 0.05) is 38.1 Å². The minimum absolute atomic E-state index is 0.150. The summed E-state index contributed by atoms with van der Waals surface area (Å²) in [6, 6.07) is 7.63. The number of fused-ring (bicyclic) bond motifs is 1. The lowest BCUT2D eigenvalue weighted by Crippen LogP contribution is -2.41. The number of carbonyl (C=O) groups excluding carboxylic acids is 2. The number of rotatable bonds is 4. The van der Waals surface area contributed by atoms with E-state index in [4.69, 9.17) is 4.74 Å². The quantitative estimate of drug-likeness (QED) is 0.467. The average Bonchev–Trinajstić information content (AvgIpc) is 3.42. The highest BCUT2D eigenvalue weighted by Crippen LogP contribution is 2.19. The zero-order chi connectivity index (χ0) is 22.9. The molecule has 11 nitrogen and oxygen atoms in total. The summed E-state index contributed by atoms with van der Waals surface area (Å²) < 4.78 is 21.6. The van der Waals surface area contributed by atoms with Gasteiger partial charge in [-0.25, -0.2) is 14.5 Å². The van der Waals surface area contributed by atoms with Crippen LogP contribution >= 0.6 is 0 Å². The van der Waals surface area contributed by atoms with Crippen LogP contribution in [0, 0.1) is 5.95 Å². The second-order valence-electron chi connectivity index (χ2n) is 7.39. The van der Waals surface area contributed by atoms with Crippen molar-refractivity contribution >= 4 is 23.1 Å². The SMILES string of the molecule is Cn1ncc(C(=O)N2CCOCC2)c1C(=O)Nc1ccn2nc(-c3cccc(F)n3)nc2c1. The molecule has 1 aliphatic heterocycles. The van der Waals surface area contributed by atoms with Crippen LogP contribution in [0.1, 0.15) is 20.8 Å². The predicted octanol–water partition coefficient (Wildman–Crippen LogP) is 1.39. The zero-order valence-electron chi connectivity index (χ0n) is 17.6. The number of ether oxygens (including phenoxy) is 1. The molecule has 4 aromatic heterocycles. The number of pyridine rings is 2. The molecule has 0 atom stereocenters. The van der Waals surface area contributed by atoms with Crippen molar-refractivity contribution < 1.29 is 18.7 Å². The molecule has 0 spiro atoms. The number of carbonyl (C=O) groups is 2. The zero-order valence-corrected chi connectivity index (χ0v) is 17.6. The van der Waals surface area contributed by atoms with Crippen LogP contribution in [0.3, 0.4) is 0 Å². The van der Waals surface area contributed by atoms with Crippen molar-refractivity contribution in [2.75, 3.05) is 31.6 Å². The van der Waals surface area contributed by atoms with Gasteiger partial charge in [-0.2, -0.15) is 9.49 Å². The molecular weight excluding hydrogens is 431 g/mol. The first-order chi connectivity index (χ1) is 16.0. The molecule has 1 fully saturated rings. The molecule has 0 radical (unpaired) electrons. The van der Waals surface area contributed by atoms with Gasteiger partial charge < -0.3 is 15.0 Å². The Balaban J connectivity index is 1.39. The Morgan fingerprint density at radius 1 is 1.15 bits per heavy atom. The lowest BCUT2D eigenvalue weighted by Gasteiger charge is -2.26. The van der Waals surface area contributed by atoms with Crippen LogP contribution in [0.25, 0.3) is 17.2 Å². The number of aromatic nitrogens is 6. The summed E-state index contributed by atoms with van der Waals surface area (Å²) in [7, 11) is 1.60. The number of aryl methyl sites for hydroxylation is 1. The molecular formula is C21H19FN8O3. The van der Waals surface area contributed by atoms with Crippen LogP contribution in [0.2, 0.25) is 0 Å². The minimum Gasteiger partial charge on any atom is -0.378 e. The Labute approximate surface area is 186 Å². The molecule has 1 saturated heterocycles. The molecule has 0 aromatic carbocycles. The number of anilines is 1. The number of amides is 2. The Morgan fingerprint density at radius 3 is 2.76 bits per heavy atom. The third-order valence-electron chi connectivity index (χ3n) is 5.22. The van der Waals surface area contributed by atoms with Gasteiger partial charge in [-0.15, -0.1) is 5.10 Å². The van der Waals surface area contributed by atoms with Crippen molar-refractivity contribution in [2.24, 2.45) is 7.05 Å². The van der Waals surface area contributed by atoms with Gasteiger partial charge in [0.25, 0.3) is 11.8 Å². The Morgan fingerprint density at radius 2 is 1.97 bits per heavy atom. The molecule has 1 aliphatic rings. The monoisotopic (exact) mass is 450 g/mol. The van der Waals surface area contributed by atoms with Crippen molar-refractivity contribution in [1.82, 2.24) is 34.3 Å². The van der Waals surface area contributed by atoms with Gasteiger partial charge in [0.15, 0.2) is 5.65 Å². The second kappa shape index (κ2) is 8.39. The molecule has 0 saturated carbocycles. The van der Waals surface area contributed by atoms with Crippen LogP contribution in [0.4, 0.5) is 10.1 Å². The first kappa shape index (κ1) is 20.7. The molecule has 0 bridgehead atoms. The first-order valence-electron chi connectivity index (χ1n) is 10.2. The smallest absolute Gasteiger partial charge is 0.274 e. The molecule has 0 aliphatic carbocycles. The topological polar surface area (TPSA) is 120 Å². The van der Waals surface area contributed by atoms with Crippen molar-refractivity contribution in [3.8, 4) is 11.5 Å². The normalized spacial score (nSPS) is 13.9. The van der Waals surface area contributed by atoms with Crippen LogP contribution in [-0.2, 0) is 11.8 Å². The predicted molar refractivity (Wildman–Crippen MR) is 114 cm³/mol. The van der Waals surface area contributed by atoms with E-state index < -0.39 is 11.9 Å². The fraction of sp³-hybridized carbons (Fsp3) is 0.238. The maximum atomic E-state index is 13.4. The van der Waals surface area contributed by atoms with E-state index in [1.54, 1.807) is 36.3 Å². The standard InChI is InChI=1S/C21H19FN8O3/c1-28-18(14(12-23-28)21(32)29-7-9-33-10-8-29)20(31)24-13-5-6-30-17(11-13)26-19(27-30)15-3-2-4-16(22)25-15/h2-6,11-12H,7-10H2,1H3,(H,24,31). The molecule has 0 unspecified atom stereocenters. The van der Waals surface area contributed by atoms with Crippen molar-refractivity contribution in [1.29, 1.82) is 0 Å². The summed E-state index contributed by atoms with van der Waals surface area (Å²) in [4.78, 5) is 35.7. The maximum absolute atomic E-state index is 13.4. The van der Waals surface area contributed by atoms with Gasteiger partial charge >= 0.3 is 0 Å². The van der Waals surface area contributed by atoms with E-state index in [9.17, 15) is 14.0 Å². The molecule has 2 amide bonds. The molecule has 1 N–H and O–H groups in total. The number of halogens is 1. The van der Waals surface area contributed by atoms with E-state index in [2.05, 4.69) is 25.5 Å².